The number of benzene rings is 1. The van der Waals surface area contributed by atoms with E-state index in [1.54, 1.807) is 0 Å². The molecule has 3 unspecified atom stereocenters. The molecule has 1 aliphatic carbocycles. The molecule has 0 aliphatic heterocycles. The zero-order valence-corrected chi connectivity index (χ0v) is 12.6. The van der Waals surface area contributed by atoms with Crippen molar-refractivity contribution in [2.24, 2.45) is 17.7 Å². The highest BCUT2D eigenvalue weighted by Gasteiger charge is 2.26. The molecule has 3 N–H and O–H groups in total. The first-order valence-electron chi connectivity index (χ1n) is 7.97. The molecule has 1 aromatic carbocycles. The Morgan fingerprint density at radius 1 is 1.30 bits per heavy atom. The monoisotopic (exact) mass is 276 g/mol. The largest absolute Gasteiger partial charge is 0.494 e. The number of ether oxygens (including phenoxy) is 1. The van der Waals surface area contributed by atoms with Crippen LogP contribution in [-0.4, -0.2) is 12.6 Å². The fraction of sp³-hybridized carbons (Fsp3) is 0.647. The number of nitrogens with two attached hydrogens (primary N) is 1. The highest BCUT2D eigenvalue weighted by atomic mass is 16.5. The van der Waals surface area contributed by atoms with Crippen LogP contribution in [0, 0.1) is 11.8 Å². The van der Waals surface area contributed by atoms with Gasteiger partial charge < -0.3 is 4.74 Å². The molecule has 1 aromatic rings. The molecule has 3 atom stereocenters. The van der Waals surface area contributed by atoms with Crippen molar-refractivity contribution in [2.45, 2.75) is 51.5 Å². The van der Waals surface area contributed by atoms with Gasteiger partial charge in [-0.3, -0.25) is 11.3 Å². The molecular formula is C17H28N2O. The van der Waals surface area contributed by atoms with Crippen LogP contribution in [0.2, 0.25) is 0 Å². The summed E-state index contributed by atoms with van der Waals surface area (Å²) >= 11 is 0. The van der Waals surface area contributed by atoms with Crippen molar-refractivity contribution >= 4 is 0 Å². The number of hydrogen-bond acceptors (Lipinski definition) is 3. The second-order valence-corrected chi connectivity index (χ2v) is 5.92. The Hall–Kier alpha value is -1.06. The van der Waals surface area contributed by atoms with Crippen LogP contribution in [-0.2, 0) is 0 Å². The molecule has 0 spiro atoms. The van der Waals surface area contributed by atoms with Crippen LogP contribution < -0.4 is 16.0 Å². The molecule has 0 heterocycles. The van der Waals surface area contributed by atoms with Crippen molar-refractivity contribution in [1.29, 1.82) is 0 Å². The van der Waals surface area contributed by atoms with Crippen molar-refractivity contribution in [3.05, 3.63) is 30.3 Å². The first kappa shape index (κ1) is 15.3. The van der Waals surface area contributed by atoms with Gasteiger partial charge in [-0.2, -0.15) is 0 Å². The first-order chi connectivity index (χ1) is 9.83. The van der Waals surface area contributed by atoms with Gasteiger partial charge in [0.15, 0.2) is 0 Å². The van der Waals surface area contributed by atoms with E-state index in [0.717, 1.165) is 24.7 Å². The summed E-state index contributed by atoms with van der Waals surface area (Å²) in [6, 6.07) is 10.4. The molecule has 0 bridgehead atoms. The summed E-state index contributed by atoms with van der Waals surface area (Å²) in [4.78, 5) is 0. The van der Waals surface area contributed by atoms with Crippen LogP contribution >= 0.6 is 0 Å². The minimum absolute atomic E-state index is 0.382. The second-order valence-electron chi connectivity index (χ2n) is 5.92. The summed E-state index contributed by atoms with van der Waals surface area (Å²) in [6.45, 7) is 3.03. The van der Waals surface area contributed by atoms with E-state index in [0.29, 0.717) is 12.0 Å². The fourth-order valence-corrected chi connectivity index (χ4v) is 3.34. The highest BCUT2D eigenvalue weighted by molar-refractivity contribution is 5.20. The molecule has 3 nitrogen and oxygen atoms in total. The number of hydrogen-bond donors (Lipinski definition) is 2. The topological polar surface area (TPSA) is 47.3 Å². The maximum atomic E-state index is 5.79. The van der Waals surface area contributed by atoms with E-state index in [1.165, 1.54) is 32.1 Å². The molecule has 0 radical (unpaired) electrons. The van der Waals surface area contributed by atoms with Crippen molar-refractivity contribution in [1.82, 2.24) is 5.43 Å². The van der Waals surface area contributed by atoms with E-state index in [9.17, 15) is 0 Å². The average Bonchev–Trinajstić information content (AvgIpc) is 2.52. The predicted octanol–water partition coefficient (Wildman–Crippen LogP) is 3.50. The predicted molar refractivity (Wildman–Crippen MR) is 83.4 cm³/mol. The van der Waals surface area contributed by atoms with Gasteiger partial charge in [-0.1, -0.05) is 44.4 Å². The minimum atomic E-state index is 0.382. The Bertz CT molecular complexity index is 369. The third-order valence-corrected chi connectivity index (χ3v) is 4.62. The Kier molecular flexibility index (Phi) is 6.34. The molecule has 20 heavy (non-hydrogen) atoms. The average molecular weight is 276 g/mol. The molecule has 1 aliphatic rings. The Labute approximate surface area is 122 Å². The summed E-state index contributed by atoms with van der Waals surface area (Å²) in [5.41, 5.74) is 3.02. The maximum absolute atomic E-state index is 5.79. The van der Waals surface area contributed by atoms with Gasteiger partial charge in [0.25, 0.3) is 0 Å². The second kappa shape index (κ2) is 8.28. The molecule has 1 saturated carbocycles. The van der Waals surface area contributed by atoms with E-state index in [2.05, 4.69) is 12.3 Å². The highest BCUT2D eigenvalue weighted by Crippen LogP contribution is 2.33. The zero-order valence-electron chi connectivity index (χ0n) is 12.6. The Morgan fingerprint density at radius 2 is 2.10 bits per heavy atom. The number of rotatable bonds is 7. The lowest BCUT2D eigenvalue weighted by molar-refractivity contribution is 0.182. The van der Waals surface area contributed by atoms with Crippen LogP contribution in [0.1, 0.15) is 45.4 Å². The zero-order chi connectivity index (χ0) is 14.2. The van der Waals surface area contributed by atoms with E-state index in [1.807, 2.05) is 30.3 Å². The molecule has 0 amide bonds. The lowest BCUT2D eigenvalue weighted by atomic mass is 9.76. The smallest absolute Gasteiger partial charge is 0.119 e. The lowest BCUT2D eigenvalue weighted by Gasteiger charge is -2.34. The first-order valence-corrected chi connectivity index (χ1v) is 7.97. The normalized spacial score (nSPS) is 24.3. The third kappa shape index (κ3) is 4.50. The number of para-hydroxylation sites is 1. The van der Waals surface area contributed by atoms with Gasteiger partial charge in [-0.05, 0) is 43.2 Å². The summed E-state index contributed by atoms with van der Waals surface area (Å²) < 4.78 is 5.79. The third-order valence-electron chi connectivity index (χ3n) is 4.62. The molecule has 112 valence electrons. The van der Waals surface area contributed by atoms with Crippen LogP contribution in [0.25, 0.3) is 0 Å². The van der Waals surface area contributed by atoms with E-state index in [4.69, 9.17) is 10.6 Å². The van der Waals surface area contributed by atoms with Crippen molar-refractivity contribution in [3.8, 4) is 5.75 Å². The van der Waals surface area contributed by atoms with E-state index < -0.39 is 0 Å². The van der Waals surface area contributed by atoms with Crippen LogP contribution in [0.5, 0.6) is 5.75 Å². The molecule has 1 fully saturated rings. The molecule has 3 heteroatoms. The lowest BCUT2D eigenvalue weighted by Crippen LogP contribution is -2.43. The molecule has 0 saturated heterocycles. The van der Waals surface area contributed by atoms with Gasteiger partial charge >= 0.3 is 0 Å². The van der Waals surface area contributed by atoms with Gasteiger partial charge in [0.05, 0.1) is 6.61 Å². The Balaban J connectivity index is 1.77. The summed E-state index contributed by atoms with van der Waals surface area (Å²) in [5, 5.41) is 0. The Morgan fingerprint density at radius 3 is 2.80 bits per heavy atom. The molecule has 2 rings (SSSR count). The van der Waals surface area contributed by atoms with Gasteiger partial charge in [0.1, 0.15) is 5.75 Å². The van der Waals surface area contributed by atoms with Crippen LogP contribution in [0.3, 0.4) is 0 Å². The van der Waals surface area contributed by atoms with Gasteiger partial charge in [-0.25, -0.2) is 0 Å². The quantitative estimate of drug-likeness (QED) is 0.592. The van der Waals surface area contributed by atoms with Crippen molar-refractivity contribution in [2.75, 3.05) is 6.61 Å². The minimum Gasteiger partial charge on any atom is -0.494 e. The fourth-order valence-electron chi connectivity index (χ4n) is 3.34. The SMILES string of the molecule is CCC1CCCC(C(CCOc2ccccc2)NN)C1. The van der Waals surface area contributed by atoms with Crippen LogP contribution in [0.4, 0.5) is 0 Å². The van der Waals surface area contributed by atoms with Crippen LogP contribution in [0.15, 0.2) is 30.3 Å². The van der Waals surface area contributed by atoms with E-state index >= 15 is 0 Å². The summed E-state index contributed by atoms with van der Waals surface area (Å²) in [6.07, 6.45) is 7.64. The summed E-state index contributed by atoms with van der Waals surface area (Å²) in [5.74, 6) is 8.30. The molecule has 0 aromatic heterocycles. The molecular weight excluding hydrogens is 248 g/mol. The van der Waals surface area contributed by atoms with Gasteiger partial charge in [0.2, 0.25) is 0 Å². The summed E-state index contributed by atoms with van der Waals surface area (Å²) in [7, 11) is 0. The van der Waals surface area contributed by atoms with Gasteiger partial charge in [-0.15, -0.1) is 0 Å². The van der Waals surface area contributed by atoms with Gasteiger partial charge in [0, 0.05) is 6.04 Å². The standard InChI is InChI=1S/C17H28N2O/c1-2-14-7-6-8-15(13-14)17(19-18)11-12-20-16-9-4-3-5-10-16/h3-5,9-10,14-15,17,19H,2,6-8,11-13,18H2,1H3. The van der Waals surface area contributed by atoms with E-state index in [-0.39, 0.29) is 0 Å². The van der Waals surface area contributed by atoms with Crippen molar-refractivity contribution in [3.63, 3.8) is 0 Å². The number of hydrazine groups is 1. The maximum Gasteiger partial charge on any atom is 0.119 e. The number of nitrogens with one attached hydrogen (secondary N) is 1. The van der Waals surface area contributed by atoms with Crippen molar-refractivity contribution < 1.29 is 4.74 Å².